The number of nitrogens with zero attached hydrogens (tertiary/aromatic N) is 4. The molecule has 5 rings (SSSR count). The number of carbonyl (C=O) groups is 1. The summed E-state index contributed by atoms with van der Waals surface area (Å²) in [5.41, 5.74) is 10.1. The summed E-state index contributed by atoms with van der Waals surface area (Å²) in [7, 11) is 1.89. The molecule has 42 heavy (non-hydrogen) atoms. The van der Waals surface area contributed by atoms with Crippen molar-refractivity contribution in [2.45, 2.75) is 13.0 Å². The summed E-state index contributed by atoms with van der Waals surface area (Å²) in [6.45, 7) is 8.96. The van der Waals surface area contributed by atoms with Crippen LogP contribution in [0.25, 0.3) is 22.5 Å². The second-order valence-electron chi connectivity index (χ2n) is 9.15. The predicted octanol–water partition coefficient (Wildman–Crippen LogP) is 5.52. The Morgan fingerprint density at radius 2 is 1.81 bits per heavy atom. The molecule has 2 aromatic carbocycles. The van der Waals surface area contributed by atoms with Crippen molar-refractivity contribution in [2.75, 3.05) is 12.8 Å². The number of hydrogen-bond donors (Lipinski definition) is 2. The Hall–Kier alpha value is -5.65. The molecule has 0 amide bonds. The Morgan fingerprint density at radius 3 is 2.45 bits per heavy atom. The van der Waals surface area contributed by atoms with E-state index in [4.69, 9.17) is 5.73 Å². The largest absolute Gasteiger partial charge is 0.383 e. The van der Waals surface area contributed by atoms with Gasteiger partial charge in [-0.3, -0.25) is 24.1 Å². The number of rotatable bonds is 6. The fourth-order valence-corrected chi connectivity index (χ4v) is 4.36. The summed E-state index contributed by atoms with van der Waals surface area (Å²) >= 11 is 0. The second-order valence-corrected chi connectivity index (χ2v) is 9.15. The van der Waals surface area contributed by atoms with Gasteiger partial charge in [-0.25, -0.2) is 4.98 Å². The van der Waals surface area contributed by atoms with Crippen molar-refractivity contribution in [1.82, 2.24) is 19.9 Å². The van der Waals surface area contributed by atoms with E-state index in [1.165, 1.54) is 6.20 Å². The number of nitrogen functional groups attached to an aromatic ring is 1. The molecule has 0 spiro atoms. The van der Waals surface area contributed by atoms with Crippen molar-refractivity contribution in [2.24, 2.45) is 4.99 Å². The van der Waals surface area contributed by atoms with Crippen LogP contribution in [0.5, 0.6) is 0 Å². The van der Waals surface area contributed by atoms with Crippen LogP contribution in [0.2, 0.25) is 0 Å². The molecule has 0 radical (unpaired) electrons. The number of para-hydroxylation sites is 1. The van der Waals surface area contributed by atoms with Gasteiger partial charge in [0, 0.05) is 52.7 Å². The van der Waals surface area contributed by atoms with Crippen molar-refractivity contribution in [3.63, 3.8) is 0 Å². The number of aliphatic imine (C=N–C) groups is 1. The number of hydrogen-bond acceptors (Lipinski definition) is 7. The van der Waals surface area contributed by atoms with E-state index in [9.17, 15) is 9.59 Å². The first-order valence-corrected chi connectivity index (χ1v) is 13.1. The number of anilines is 1. The number of nitrogens with one attached hydrogen (secondary N) is 1. The highest BCUT2D eigenvalue weighted by atomic mass is 16.1. The van der Waals surface area contributed by atoms with Gasteiger partial charge < -0.3 is 11.1 Å². The maximum absolute atomic E-state index is 13.7. The molecule has 3 heterocycles. The lowest BCUT2D eigenvalue weighted by Crippen LogP contribution is -2.27. The number of pyridine rings is 3. The average molecular weight is 555 g/mol. The summed E-state index contributed by atoms with van der Waals surface area (Å²) in [6.07, 6.45) is 7.07. The van der Waals surface area contributed by atoms with Crippen LogP contribution in [0.15, 0.2) is 102 Å². The number of fused-ring (bicyclic) bond motifs is 1. The predicted molar refractivity (Wildman–Crippen MR) is 171 cm³/mol. The zero-order chi connectivity index (χ0) is 30.1. The molecule has 5 aromatic rings. The molecule has 0 aliphatic heterocycles. The smallest absolute Gasteiger partial charge is 0.264 e. The zero-order valence-corrected chi connectivity index (χ0v) is 23.4. The van der Waals surface area contributed by atoms with Crippen LogP contribution >= 0.6 is 0 Å². The van der Waals surface area contributed by atoms with Gasteiger partial charge >= 0.3 is 0 Å². The third-order valence-electron chi connectivity index (χ3n) is 6.63. The van der Waals surface area contributed by atoms with E-state index in [1.807, 2.05) is 74.6 Å². The van der Waals surface area contributed by atoms with Gasteiger partial charge in [0.15, 0.2) is 6.29 Å². The van der Waals surface area contributed by atoms with Crippen LogP contribution < -0.4 is 16.6 Å². The average Bonchev–Trinajstić information content (AvgIpc) is 3.04. The molecule has 8 nitrogen and oxygen atoms in total. The molecule has 8 heteroatoms. The summed E-state index contributed by atoms with van der Waals surface area (Å²) in [5.74, 6) is 6.47. The lowest BCUT2D eigenvalue weighted by atomic mass is 10.0. The van der Waals surface area contributed by atoms with Gasteiger partial charge in [-0.1, -0.05) is 54.8 Å². The third-order valence-corrected chi connectivity index (χ3v) is 6.63. The van der Waals surface area contributed by atoms with Gasteiger partial charge in [0.2, 0.25) is 0 Å². The van der Waals surface area contributed by atoms with E-state index in [0.29, 0.717) is 22.9 Å². The standard InChI is InChI=1S/C25H21N3O.C9H9N3O/c1-18(26-2)23-17-21-8-6-7-20(12-11-19-13-15-27-16-14-19)24(21)25(29)28(23)22-9-4-3-5-10-22;1-3-6-4-12-9(10)7(5-13)8(6)11-2/h3-10,13-18,26H,1-2H3;3-5H,1-2H2,(H2,10,12). The Labute approximate surface area is 244 Å². The molecule has 0 aliphatic carbocycles. The molecule has 0 saturated heterocycles. The fourth-order valence-electron chi connectivity index (χ4n) is 4.36. The monoisotopic (exact) mass is 554 g/mol. The van der Waals surface area contributed by atoms with Crippen LogP contribution in [-0.2, 0) is 0 Å². The normalized spacial score (nSPS) is 10.9. The van der Waals surface area contributed by atoms with E-state index < -0.39 is 0 Å². The fraction of sp³-hybridized carbons (Fsp3) is 0.0882. The summed E-state index contributed by atoms with van der Waals surface area (Å²) in [6, 6.07) is 21.3. The van der Waals surface area contributed by atoms with E-state index in [-0.39, 0.29) is 23.0 Å². The van der Waals surface area contributed by atoms with Crippen LogP contribution in [0.1, 0.15) is 45.7 Å². The van der Waals surface area contributed by atoms with Crippen LogP contribution in [0, 0.1) is 11.8 Å². The molecule has 3 N–H and O–H groups in total. The van der Waals surface area contributed by atoms with Gasteiger partial charge in [0.25, 0.3) is 5.56 Å². The highest BCUT2D eigenvalue weighted by Gasteiger charge is 2.16. The number of aldehydes is 1. The van der Waals surface area contributed by atoms with Crippen molar-refractivity contribution >= 4 is 41.4 Å². The highest BCUT2D eigenvalue weighted by Crippen LogP contribution is 2.26. The van der Waals surface area contributed by atoms with Crippen molar-refractivity contribution < 1.29 is 4.79 Å². The lowest BCUT2D eigenvalue weighted by Gasteiger charge is -2.19. The highest BCUT2D eigenvalue weighted by molar-refractivity contribution is 5.92. The topological polar surface area (TPSA) is 115 Å². The SMILES string of the molecule is C=Cc1cnc(N)c(C=O)c1N=C.CNC(C)c1cc2cccc(C#Cc3ccncc3)c2c(=O)n1-c1ccccc1. The summed E-state index contributed by atoms with van der Waals surface area (Å²) < 4.78 is 1.78. The van der Waals surface area contributed by atoms with Gasteiger partial charge in [-0.2, -0.15) is 0 Å². The van der Waals surface area contributed by atoms with E-state index in [2.05, 4.69) is 51.5 Å². The van der Waals surface area contributed by atoms with Crippen LogP contribution in [-0.4, -0.2) is 34.6 Å². The molecular weight excluding hydrogens is 524 g/mol. The molecule has 3 aromatic heterocycles. The number of carbonyl (C=O) groups excluding carboxylic acids is 1. The van der Waals surface area contributed by atoms with Gasteiger partial charge in [-0.05, 0) is 62.5 Å². The van der Waals surface area contributed by atoms with Crippen LogP contribution in [0.3, 0.4) is 0 Å². The maximum Gasteiger partial charge on any atom is 0.264 e. The van der Waals surface area contributed by atoms with Gasteiger partial charge in [0.05, 0.1) is 16.6 Å². The first-order valence-electron chi connectivity index (χ1n) is 13.1. The molecule has 1 unspecified atom stereocenters. The molecule has 0 bridgehead atoms. The Kier molecular flexibility index (Phi) is 9.51. The summed E-state index contributed by atoms with van der Waals surface area (Å²) in [5, 5.41) is 4.77. The van der Waals surface area contributed by atoms with Crippen molar-refractivity contribution in [3.05, 3.63) is 130 Å². The number of nitrogens with two attached hydrogens (primary N) is 1. The second kappa shape index (κ2) is 13.6. The quantitative estimate of drug-likeness (QED) is 0.162. The van der Waals surface area contributed by atoms with Crippen LogP contribution in [0.4, 0.5) is 11.5 Å². The molecule has 1 atom stereocenters. The molecule has 0 aliphatic rings. The minimum Gasteiger partial charge on any atom is -0.383 e. The molecule has 0 saturated carbocycles. The molecule has 0 fully saturated rings. The molecule has 208 valence electrons. The van der Waals surface area contributed by atoms with Crippen molar-refractivity contribution in [3.8, 4) is 17.5 Å². The Balaban J connectivity index is 0.000000262. The Bertz CT molecular complexity index is 1870. The third kappa shape index (κ3) is 6.22. The minimum absolute atomic E-state index is 0.0128. The number of benzene rings is 2. The Morgan fingerprint density at radius 1 is 1.07 bits per heavy atom. The zero-order valence-electron chi connectivity index (χ0n) is 23.4. The lowest BCUT2D eigenvalue weighted by molar-refractivity contribution is 0.112. The van der Waals surface area contributed by atoms with E-state index in [1.54, 1.807) is 23.0 Å². The maximum atomic E-state index is 13.7. The first kappa shape index (κ1) is 29.3. The summed E-state index contributed by atoms with van der Waals surface area (Å²) in [4.78, 5) is 35.8. The van der Waals surface area contributed by atoms with Gasteiger partial charge in [-0.15, -0.1) is 0 Å². The van der Waals surface area contributed by atoms with E-state index in [0.717, 1.165) is 27.9 Å². The van der Waals surface area contributed by atoms with E-state index >= 15 is 0 Å². The first-order chi connectivity index (χ1) is 20.4. The minimum atomic E-state index is -0.0644. The van der Waals surface area contributed by atoms with Gasteiger partial charge in [0.1, 0.15) is 5.82 Å². The number of aromatic nitrogens is 3. The molecular formula is C34H30N6O2. The van der Waals surface area contributed by atoms with Crippen molar-refractivity contribution in [1.29, 1.82) is 0 Å².